The topological polar surface area (TPSA) is 24.9 Å². The monoisotopic (exact) mass is 264 g/mol. The van der Waals surface area contributed by atoms with Crippen molar-refractivity contribution in [2.45, 2.75) is 13.0 Å². The van der Waals surface area contributed by atoms with Crippen LogP contribution < -0.4 is 5.32 Å². The highest BCUT2D eigenvalue weighted by Crippen LogP contribution is 2.29. The lowest BCUT2D eigenvalue weighted by molar-refractivity contribution is 0.555. The maximum Gasteiger partial charge on any atom is 0.146 e. The first-order valence-corrected chi connectivity index (χ1v) is 6.19. The molecule has 0 aliphatic carbocycles. The summed E-state index contributed by atoms with van der Waals surface area (Å²) in [6.45, 7) is 2.70. The molecule has 0 aliphatic rings. The van der Waals surface area contributed by atoms with Crippen LogP contribution in [0, 0.1) is 5.82 Å². The molecule has 18 heavy (non-hydrogen) atoms. The van der Waals surface area contributed by atoms with Gasteiger partial charge in [0, 0.05) is 16.8 Å². The lowest BCUT2D eigenvalue weighted by atomic mass is 9.99. The quantitative estimate of drug-likeness (QED) is 0.913. The summed E-state index contributed by atoms with van der Waals surface area (Å²) >= 11 is 6.18. The molecular formula is C14H14ClFN2. The Morgan fingerprint density at radius 1 is 1.28 bits per heavy atom. The minimum absolute atomic E-state index is 0.258. The molecule has 0 bridgehead atoms. The Bertz CT molecular complexity index is 485. The molecule has 2 nitrogen and oxygen atoms in total. The van der Waals surface area contributed by atoms with E-state index >= 15 is 0 Å². The molecule has 1 aromatic carbocycles. The summed E-state index contributed by atoms with van der Waals surface area (Å²) in [5.41, 5.74) is 1.42. The van der Waals surface area contributed by atoms with Gasteiger partial charge in [-0.15, -0.1) is 0 Å². The fourth-order valence-electron chi connectivity index (χ4n) is 1.92. The first kappa shape index (κ1) is 13.0. The largest absolute Gasteiger partial charge is 0.306 e. The number of benzene rings is 1. The summed E-state index contributed by atoms with van der Waals surface area (Å²) in [4.78, 5) is 3.77. The molecule has 94 valence electrons. The van der Waals surface area contributed by atoms with E-state index in [9.17, 15) is 4.39 Å². The van der Waals surface area contributed by atoms with Gasteiger partial charge in [0.1, 0.15) is 5.82 Å². The second kappa shape index (κ2) is 5.94. The van der Waals surface area contributed by atoms with Crippen LogP contribution in [0.3, 0.4) is 0 Å². The summed E-state index contributed by atoms with van der Waals surface area (Å²) < 4.78 is 13.8. The number of aromatic nitrogens is 1. The summed E-state index contributed by atoms with van der Waals surface area (Å²) in [5.74, 6) is -0.330. The standard InChI is InChI=1S/C14H14ClFN2/c1-2-18-14(10-5-3-4-6-12(10)15)11-7-8-17-9-13(11)16/h3-9,14,18H,2H2,1H3. The molecule has 1 heterocycles. The molecule has 1 aromatic heterocycles. The first-order chi connectivity index (χ1) is 8.74. The zero-order valence-electron chi connectivity index (χ0n) is 10.0. The average Bonchev–Trinajstić information content (AvgIpc) is 2.38. The van der Waals surface area contributed by atoms with Gasteiger partial charge in [-0.1, -0.05) is 36.7 Å². The van der Waals surface area contributed by atoms with Gasteiger partial charge in [-0.2, -0.15) is 0 Å². The highest BCUT2D eigenvalue weighted by molar-refractivity contribution is 6.31. The van der Waals surface area contributed by atoms with Crippen LogP contribution >= 0.6 is 11.6 Å². The van der Waals surface area contributed by atoms with Gasteiger partial charge in [-0.3, -0.25) is 4.98 Å². The molecule has 2 rings (SSSR count). The smallest absolute Gasteiger partial charge is 0.146 e. The number of rotatable bonds is 4. The molecular weight excluding hydrogens is 251 g/mol. The Labute approximate surface area is 111 Å². The van der Waals surface area contributed by atoms with Crippen molar-refractivity contribution in [2.75, 3.05) is 6.54 Å². The van der Waals surface area contributed by atoms with Gasteiger partial charge < -0.3 is 5.32 Å². The number of nitrogens with zero attached hydrogens (tertiary/aromatic N) is 1. The second-order valence-corrected chi connectivity index (χ2v) is 4.32. The molecule has 1 atom stereocenters. The molecule has 1 N–H and O–H groups in total. The number of halogens is 2. The van der Waals surface area contributed by atoms with Crippen LogP contribution in [-0.4, -0.2) is 11.5 Å². The highest BCUT2D eigenvalue weighted by Gasteiger charge is 2.18. The maximum atomic E-state index is 13.8. The van der Waals surface area contributed by atoms with Gasteiger partial charge in [-0.05, 0) is 24.2 Å². The van der Waals surface area contributed by atoms with Crippen molar-refractivity contribution in [1.29, 1.82) is 0 Å². The van der Waals surface area contributed by atoms with Gasteiger partial charge in [0.05, 0.1) is 12.2 Å². The molecule has 4 heteroatoms. The molecule has 2 aromatic rings. The molecule has 0 saturated heterocycles. The molecule has 0 spiro atoms. The van der Waals surface area contributed by atoms with E-state index in [2.05, 4.69) is 10.3 Å². The van der Waals surface area contributed by atoms with Crippen LogP contribution in [0.2, 0.25) is 5.02 Å². The zero-order valence-corrected chi connectivity index (χ0v) is 10.8. The van der Waals surface area contributed by atoms with E-state index in [1.807, 2.05) is 25.1 Å². The van der Waals surface area contributed by atoms with Gasteiger partial charge in [0.25, 0.3) is 0 Å². The third kappa shape index (κ3) is 2.68. The lowest BCUT2D eigenvalue weighted by Gasteiger charge is -2.20. The van der Waals surface area contributed by atoms with Crippen molar-refractivity contribution < 1.29 is 4.39 Å². The zero-order chi connectivity index (χ0) is 13.0. The van der Waals surface area contributed by atoms with E-state index in [0.717, 1.165) is 12.1 Å². The lowest BCUT2D eigenvalue weighted by Crippen LogP contribution is -2.23. The minimum atomic E-state index is -0.330. The van der Waals surface area contributed by atoms with Crippen molar-refractivity contribution in [3.05, 3.63) is 64.7 Å². The number of nitrogens with one attached hydrogen (secondary N) is 1. The Morgan fingerprint density at radius 3 is 2.72 bits per heavy atom. The minimum Gasteiger partial charge on any atom is -0.306 e. The molecule has 0 fully saturated rings. The Morgan fingerprint density at radius 2 is 2.06 bits per heavy atom. The SMILES string of the molecule is CCNC(c1ccncc1F)c1ccccc1Cl. The normalized spacial score (nSPS) is 12.4. The predicted octanol–water partition coefficient (Wildman–Crippen LogP) is 3.57. The van der Waals surface area contributed by atoms with Gasteiger partial charge in [0.15, 0.2) is 0 Å². The van der Waals surface area contributed by atoms with Crippen molar-refractivity contribution in [1.82, 2.24) is 10.3 Å². The van der Waals surface area contributed by atoms with Gasteiger partial charge in [0.2, 0.25) is 0 Å². The van der Waals surface area contributed by atoms with E-state index in [1.165, 1.54) is 6.20 Å². The fourth-order valence-corrected chi connectivity index (χ4v) is 2.17. The Hall–Kier alpha value is -1.45. The number of hydrogen-bond acceptors (Lipinski definition) is 2. The third-order valence-electron chi connectivity index (χ3n) is 2.74. The van der Waals surface area contributed by atoms with Crippen LogP contribution in [0.5, 0.6) is 0 Å². The van der Waals surface area contributed by atoms with E-state index < -0.39 is 0 Å². The molecule has 0 amide bonds. The summed E-state index contributed by atoms with van der Waals surface area (Å²) in [5, 5.41) is 3.87. The van der Waals surface area contributed by atoms with Crippen LogP contribution in [0.1, 0.15) is 24.1 Å². The molecule has 0 saturated carbocycles. The second-order valence-electron chi connectivity index (χ2n) is 3.91. The van der Waals surface area contributed by atoms with Crippen LogP contribution in [0.15, 0.2) is 42.7 Å². The average molecular weight is 265 g/mol. The Balaban J connectivity index is 2.47. The first-order valence-electron chi connectivity index (χ1n) is 5.81. The van der Waals surface area contributed by atoms with Crippen LogP contribution in [0.4, 0.5) is 4.39 Å². The third-order valence-corrected chi connectivity index (χ3v) is 3.08. The molecule has 0 radical (unpaired) electrons. The number of pyridine rings is 1. The van der Waals surface area contributed by atoms with Crippen LogP contribution in [0.25, 0.3) is 0 Å². The fraction of sp³-hybridized carbons (Fsp3) is 0.214. The molecule has 0 aliphatic heterocycles. The van der Waals surface area contributed by atoms with Gasteiger partial charge in [-0.25, -0.2) is 4.39 Å². The van der Waals surface area contributed by atoms with Crippen molar-refractivity contribution in [3.63, 3.8) is 0 Å². The number of hydrogen-bond donors (Lipinski definition) is 1. The highest BCUT2D eigenvalue weighted by atomic mass is 35.5. The van der Waals surface area contributed by atoms with Crippen molar-refractivity contribution >= 4 is 11.6 Å². The summed E-state index contributed by atoms with van der Waals surface area (Å²) in [6.07, 6.45) is 2.80. The summed E-state index contributed by atoms with van der Waals surface area (Å²) in [7, 11) is 0. The van der Waals surface area contributed by atoms with Crippen molar-refractivity contribution in [2.24, 2.45) is 0 Å². The van der Waals surface area contributed by atoms with E-state index in [1.54, 1.807) is 18.3 Å². The van der Waals surface area contributed by atoms with Gasteiger partial charge >= 0.3 is 0 Å². The van der Waals surface area contributed by atoms with E-state index in [0.29, 0.717) is 10.6 Å². The van der Waals surface area contributed by atoms with Crippen molar-refractivity contribution in [3.8, 4) is 0 Å². The maximum absolute atomic E-state index is 13.8. The van der Waals surface area contributed by atoms with E-state index in [4.69, 9.17) is 11.6 Å². The molecule has 1 unspecified atom stereocenters. The predicted molar refractivity (Wildman–Crippen MR) is 71.2 cm³/mol. The van der Waals surface area contributed by atoms with E-state index in [-0.39, 0.29) is 11.9 Å². The summed E-state index contributed by atoms with van der Waals surface area (Å²) in [6, 6.07) is 8.87. The Kier molecular flexibility index (Phi) is 4.28. The van der Waals surface area contributed by atoms with Crippen LogP contribution in [-0.2, 0) is 0 Å².